The van der Waals surface area contributed by atoms with Crippen LogP contribution < -0.4 is 15.8 Å². The van der Waals surface area contributed by atoms with Gasteiger partial charge in [-0.2, -0.15) is 0 Å². The van der Waals surface area contributed by atoms with Crippen LogP contribution in [0.3, 0.4) is 0 Å². The summed E-state index contributed by atoms with van der Waals surface area (Å²) in [6.07, 6.45) is -0.0469. The summed E-state index contributed by atoms with van der Waals surface area (Å²) in [5.41, 5.74) is 6.37. The van der Waals surface area contributed by atoms with Crippen molar-refractivity contribution >= 4 is 11.5 Å². The fourth-order valence-electron chi connectivity index (χ4n) is 1.54. The van der Waals surface area contributed by atoms with Gasteiger partial charge < -0.3 is 15.8 Å². The molecule has 0 aromatic heterocycles. The number of hydrogen-bond donors (Lipinski definition) is 2. The third-order valence-electron chi connectivity index (χ3n) is 2.26. The summed E-state index contributed by atoms with van der Waals surface area (Å²) < 4.78 is 5.71. The van der Waals surface area contributed by atoms with E-state index in [2.05, 4.69) is 10.3 Å². The maximum absolute atomic E-state index is 5.71. The number of rotatable bonds is 3. The van der Waals surface area contributed by atoms with E-state index in [4.69, 9.17) is 10.5 Å². The normalized spacial score (nSPS) is 16.7. The molecule has 1 aromatic carbocycles. The Balaban J connectivity index is 2.02. The van der Waals surface area contributed by atoms with Gasteiger partial charge in [-0.15, -0.1) is 0 Å². The Labute approximate surface area is 89.1 Å². The Morgan fingerprint density at radius 1 is 1.53 bits per heavy atom. The Kier molecular flexibility index (Phi) is 2.76. The van der Waals surface area contributed by atoms with E-state index in [-0.39, 0.29) is 6.10 Å². The van der Waals surface area contributed by atoms with Gasteiger partial charge in [0.2, 0.25) is 0 Å². The van der Waals surface area contributed by atoms with E-state index in [0.717, 1.165) is 24.7 Å². The van der Waals surface area contributed by atoms with Gasteiger partial charge in [0, 0.05) is 18.3 Å². The highest BCUT2D eigenvalue weighted by atomic mass is 16.5. The Hall–Kier alpha value is -1.71. The molecule has 0 aliphatic carbocycles. The SMILES string of the molecule is CC(Oc1cccc(N)c1)C1=NCCN1. The molecule has 80 valence electrons. The fraction of sp³-hybridized carbons (Fsp3) is 0.364. The Bertz CT molecular complexity index is 376. The summed E-state index contributed by atoms with van der Waals surface area (Å²) in [4.78, 5) is 4.30. The van der Waals surface area contributed by atoms with Crippen molar-refractivity contribution in [3.05, 3.63) is 24.3 Å². The third-order valence-corrected chi connectivity index (χ3v) is 2.26. The Morgan fingerprint density at radius 3 is 3.07 bits per heavy atom. The number of nitrogens with two attached hydrogens (primary N) is 1. The molecule has 1 aliphatic rings. The standard InChI is InChI=1S/C11H15N3O/c1-8(11-13-5-6-14-11)15-10-4-2-3-9(12)7-10/h2-4,7-8H,5-6,12H2,1H3,(H,13,14). The zero-order chi connectivity index (χ0) is 10.7. The van der Waals surface area contributed by atoms with Gasteiger partial charge in [0.1, 0.15) is 11.6 Å². The lowest BCUT2D eigenvalue weighted by molar-refractivity contribution is 0.284. The van der Waals surface area contributed by atoms with Crippen molar-refractivity contribution in [3.63, 3.8) is 0 Å². The van der Waals surface area contributed by atoms with Crippen LogP contribution in [0.2, 0.25) is 0 Å². The number of ether oxygens (including phenoxy) is 1. The number of amidine groups is 1. The molecule has 1 heterocycles. The zero-order valence-corrected chi connectivity index (χ0v) is 8.73. The average molecular weight is 205 g/mol. The van der Waals surface area contributed by atoms with E-state index < -0.39 is 0 Å². The van der Waals surface area contributed by atoms with Crippen molar-refractivity contribution in [3.8, 4) is 5.75 Å². The maximum Gasteiger partial charge on any atom is 0.152 e. The highest BCUT2D eigenvalue weighted by molar-refractivity contribution is 5.87. The van der Waals surface area contributed by atoms with Crippen LogP contribution in [0.25, 0.3) is 0 Å². The van der Waals surface area contributed by atoms with E-state index in [0.29, 0.717) is 5.69 Å². The van der Waals surface area contributed by atoms with Crippen molar-refractivity contribution in [2.45, 2.75) is 13.0 Å². The molecule has 1 aliphatic heterocycles. The van der Waals surface area contributed by atoms with Gasteiger partial charge >= 0.3 is 0 Å². The summed E-state index contributed by atoms with van der Waals surface area (Å²) in [5, 5.41) is 3.18. The van der Waals surface area contributed by atoms with Gasteiger partial charge in [-0.25, -0.2) is 0 Å². The zero-order valence-electron chi connectivity index (χ0n) is 8.73. The summed E-state index contributed by atoms with van der Waals surface area (Å²) in [6.45, 7) is 3.71. The van der Waals surface area contributed by atoms with Crippen LogP contribution in [0.15, 0.2) is 29.3 Å². The van der Waals surface area contributed by atoms with E-state index >= 15 is 0 Å². The number of nitrogen functional groups attached to an aromatic ring is 1. The van der Waals surface area contributed by atoms with Crippen LogP contribution in [-0.2, 0) is 0 Å². The molecule has 4 nitrogen and oxygen atoms in total. The number of hydrogen-bond acceptors (Lipinski definition) is 4. The van der Waals surface area contributed by atoms with Crippen molar-refractivity contribution in [1.82, 2.24) is 5.32 Å². The van der Waals surface area contributed by atoms with Crippen LogP contribution in [0, 0.1) is 0 Å². The first-order valence-corrected chi connectivity index (χ1v) is 5.06. The smallest absolute Gasteiger partial charge is 0.152 e. The fourth-order valence-corrected chi connectivity index (χ4v) is 1.54. The molecular weight excluding hydrogens is 190 g/mol. The molecule has 4 heteroatoms. The van der Waals surface area contributed by atoms with Crippen molar-refractivity contribution in [1.29, 1.82) is 0 Å². The molecule has 0 saturated carbocycles. The molecule has 15 heavy (non-hydrogen) atoms. The second-order valence-electron chi connectivity index (χ2n) is 3.53. The average Bonchev–Trinajstić information content (AvgIpc) is 2.70. The number of benzene rings is 1. The molecule has 0 saturated heterocycles. The van der Waals surface area contributed by atoms with Gasteiger partial charge in [-0.1, -0.05) is 6.07 Å². The largest absolute Gasteiger partial charge is 0.483 e. The topological polar surface area (TPSA) is 59.6 Å². The van der Waals surface area contributed by atoms with E-state index in [9.17, 15) is 0 Å². The quantitative estimate of drug-likeness (QED) is 0.725. The number of aliphatic imine (C=N–C) groups is 1. The molecule has 1 aromatic rings. The number of anilines is 1. The van der Waals surface area contributed by atoms with Gasteiger partial charge in [0.15, 0.2) is 6.10 Å². The third kappa shape index (κ3) is 2.40. The minimum Gasteiger partial charge on any atom is -0.483 e. The first-order valence-electron chi connectivity index (χ1n) is 5.06. The van der Waals surface area contributed by atoms with Gasteiger partial charge in [0.05, 0.1) is 6.54 Å². The summed E-state index contributed by atoms with van der Waals surface area (Å²) in [6, 6.07) is 7.42. The van der Waals surface area contributed by atoms with Gasteiger partial charge in [0.25, 0.3) is 0 Å². The molecule has 3 N–H and O–H groups in total. The van der Waals surface area contributed by atoms with Crippen molar-refractivity contribution in [2.24, 2.45) is 4.99 Å². The first kappa shape index (κ1) is 9.83. The second kappa shape index (κ2) is 4.21. The maximum atomic E-state index is 5.71. The minimum absolute atomic E-state index is 0.0469. The van der Waals surface area contributed by atoms with E-state index in [1.807, 2.05) is 31.2 Å². The molecule has 0 fully saturated rings. The molecule has 1 unspecified atom stereocenters. The number of nitrogens with zero attached hydrogens (tertiary/aromatic N) is 1. The minimum atomic E-state index is -0.0469. The number of nitrogens with one attached hydrogen (secondary N) is 1. The summed E-state index contributed by atoms with van der Waals surface area (Å²) in [7, 11) is 0. The van der Waals surface area contributed by atoms with Gasteiger partial charge in [-0.3, -0.25) is 4.99 Å². The molecule has 0 radical (unpaired) electrons. The predicted molar refractivity (Wildman–Crippen MR) is 61.2 cm³/mol. The summed E-state index contributed by atoms with van der Waals surface area (Å²) in [5.74, 6) is 1.69. The molecular formula is C11H15N3O. The predicted octanol–water partition coefficient (Wildman–Crippen LogP) is 1.04. The highest BCUT2D eigenvalue weighted by Crippen LogP contribution is 2.16. The van der Waals surface area contributed by atoms with Crippen LogP contribution in [0.5, 0.6) is 5.75 Å². The molecule has 1 atom stereocenters. The van der Waals surface area contributed by atoms with Crippen LogP contribution in [0.1, 0.15) is 6.92 Å². The summed E-state index contributed by atoms with van der Waals surface area (Å²) >= 11 is 0. The van der Waals surface area contributed by atoms with E-state index in [1.165, 1.54) is 0 Å². The van der Waals surface area contributed by atoms with Crippen LogP contribution in [0.4, 0.5) is 5.69 Å². The van der Waals surface area contributed by atoms with Crippen molar-refractivity contribution in [2.75, 3.05) is 18.8 Å². The van der Waals surface area contributed by atoms with Crippen LogP contribution >= 0.6 is 0 Å². The highest BCUT2D eigenvalue weighted by Gasteiger charge is 2.14. The Morgan fingerprint density at radius 2 is 2.40 bits per heavy atom. The van der Waals surface area contributed by atoms with Crippen LogP contribution in [-0.4, -0.2) is 25.0 Å². The molecule has 2 rings (SSSR count). The molecule has 0 bridgehead atoms. The monoisotopic (exact) mass is 205 g/mol. The molecule has 0 spiro atoms. The lowest BCUT2D eigenvalue weighted by atomic mass is 10.3. The lowest BCUT2D eigenvalue weighted by Gasteiger charge is -2.15. The van der Waals surface area contributed by atoms with Crippen molar-refractivity contribution < 1.29 is 4.74 Å². The lowest BCUT2D eigenvalue weighted by Crippen LogP contribution is -2.33. The van der Waals surface area contributed by atoms with Gasteiger partial charge in [-0.05, 0) is 19.1 Å². The molecule has 0 amide bonds. The first-order chi connectivity index (χ1) is 7.25. The van der Waals surface area contributed by atoms with E-state index in [1.54, 1.807) is 0 Å². The second-order valence-corrected chi connectivity index (χ2v) is 3.53.